The van der Waals surface area contributed by atoms with Crippen LogP contribution in [0.15, 0.2) is 46.9 Å². The summed E-state index contributed by atoms with van der Waals surface area (Å²) in [7, 11) is 1.94. The maximum Gasteiger partial charge on any atom is 0.129 e. The number of nitrogens with two attached hydrogens (primary N) is 1. The van der Waals surface area contributed by atoms with Gasteiger partial charge >= 0.3 is 0 Å². The molecule has 2 aromatic carbocycles. The Morgan fingerprint density at radius 3 is 2.47 bits per heavy atom. The molecule has 0 spiro atoms. The van der Waals surface area contributed by atoms with E-state index in [1.165, 1.54) is 6.07 Å². The van der Waals surface area contributed by atoms with Crippen LogP contribution in [0.5, 0.6) is 0 Å². The van der Waals surface area contributed by atoms with Crippen LogP contribution in [0.4, 0.5) is 10.1 Å². The molecule has 2 rings (SSSR count). The van der Waals surface area contributed by atoms with E-state index in [9.17, 15) is 4.39 Å². The molecule has 0 aliphatic carbocycles. The van der Waals surface area contributed by atoms with E-state index in [1.807, 2.05) is 42.3 Å². The van der Waals surface area contributed by atoms with Crippen LogP contribution in [-0.2, 0) is 13.1 Å². The predicted octanol–water partition coefficient (Wildman–Crippen LogP) is 3.68. The quantitative estimate of drug-likeness (QED) is 0.930. The maximum atomic E-state index is 13.7. The third-order valence-corrected chi connectivity index (χ3v) is 3.57. The Balaban J connectivity index is 2.22. The van der Waals surface area contributed by atoms with Crippen LogP contribution >= 0.6 is 15.9 Å². The van der Waals surface area contributed by atoms with Gasteiger partial charge in [0.15, 0.2) is 0 Å². The molecule has 0 aromatic heterocycles. The number of hydrogen-bond acceptors (Lipinski definition) is 2. The number of anilines is 1. The average molecular weight is 323 g/mol. The lowest BCUT2D eigenvalue weighted by Gasteiger charge is -2.22. The van der Waals surface area contributed by atoms with Crippen molar-refractivity contribution in [1.29, 1.82) is 0 Å². The first-order valence-corrected chi connectivity index (χ1v) is 6.84. The molecule has 0 saturated carbocycles. The van der Waals surface area contributed by atoms with Crippen LogP contribution in [0.3, 0.4) is 0 Å². The summed E-state index contributed by atoms with van der Waals surface area (Å²) in [6.45, 7) is 0.913. The van der Waals surface area contributed by atoms with Gasteiger partial charge in [-0.2, -0.15) is 0 Å². The topological polar surface area (TPSA) is 29.3 Å². The van der Waals surface area contributed by atoms with Crippen molar-refractivity contribution in [2.45, 2.75) is 13.1 Å². The normalized spacial score (nSPS) is 10.5. The van der Waals surface area contributed by atoms with Gasteiger partial charge in [0.1, 0.15) is 5.82 Å². The highest BCUT2D eigenvalue weighted by Gasteiger charge is 2.10. The van der Waals surface area contributed by atoms with Gasteiger partial charge in [0.25, 0.3) is 0 Å². The number of halogens is 2. The van der Waals surface area contributed by atoms with Crippen LogP contribution < -0.4 is 10.6 Å². The molecule has 0 atom stereocenters. The van der Waals surface area contributed by atoms with Gasteiger partial charge in [0.05, 0.1) is 0 Å². The molecule has 0 aliphatic heterocycles. The second-order valence-electron chi connectivity index (χ2n) is 4.42. The summed E-state index contributed by atoms with van der Waals surface area (Å²) in [6.07, 6.45) is 0. The van der Waals surface area contributed by atoms with Crippen molar-refractivity contribution < 1.29 is 4.39 Å². The van der Waals surface area contributed by atoms with E-state index in [0.29, 0.717) is 12.1 Å². The molecule has 0 saturated heterocycles. The maximum absolute atomic E-state index is 13.7. The molecule has 0 unspecified atom stereocenters. The lowest BCUT2D eigenvalue weighted by Crippen LogP contribution is -2.19. The van der Waals surface area contributed by atoms with Gasteiger partial charge in [0.2, 0.25) is 0 Å². The molecule has 2 N–H and O–H groups in total. The standard InChI is InChI=1S/C15H16BrFN2/c1-19(10-11-5-7-12(16)8-6-11)15-4-2-3-14(17)13(15)9-18/h2-8H,9-10,18H2,1H3. The zero-order valence-corrected chi connectivity index (χ0v) is 12.3. The molecule has 4 heteroatoms. The Kier molecular flexibility index (Phi) is 4.56. The zero-order valence-electron chi connectivity index (χ0n) is 10.7. The highest BCUT2D eigenvalue weighted by molar-refractivity contribution is 9.10. The Morgan fingerprint density at radius 2 is 1.84 bits per heavy atom. The summed E-state index contributed by atoms with van der Waals surface area (Å²) in [5.74, 6) is -0.248. The average Bonchev–Trinajstić information content (AvgIpc) is 2.41. The molecule has 100 valence electrons. The fourth-order valence-corrected chi connectivity index (χ4v) is 2.32. The number of hydrogen-bond donors (Lipinski definition) is 1. The van der Waals surface area contributed by atoms with Crippen molar-refractivity contribution in [3.8, 4) is 0 Å². The first kappa shape index (κ1) is 14.0. The molecule has 19 heavy (non-hydrogen) atoms. The smallest absolute Gasteiger partial charge is 0.129 e. The van der Waals surface area contributed by atoms with E-state index in [1.54, 1.807) is 6.07 Å². The van der Waals surface area contributed by atoms with E-state index in [-0.39, 0.29) is 12.4 Å². The van der Waals surface area contributed by atoms with Crippen molar-refractivity contribution >= 4 is 21.6 Å². The third kappa shape index (κ3) is 3.33. The SMILES string of the molecule is CN(Cc1ccc(Br)cc1)c1cccc(F)c1CN. The second kappa shape index (κ2) is 6.17. The Labute approximate surface area is 121 Å². The summed E-state index contributed by atoms with van der Waals surface area (Å²) >= 11 is 3.41. The van der Waals surface area contributed by atoms with Crippen LogP contribution in [0.25, 0.3) is 0 Å². The minimum absolute atomic E-state index is 0.201. The van der Waals surface area contributed by atoms with E-state index in [0.717, 1.165) is 15.7 Å². The monoisotopic (exact) mass is 322 g/mol. The fourth-order valence-electron chi connectivity index (χ4n) is 2.06. The minimum Gasteiger partial charge on any atom is -0.370 e. The number of nitrogens with zero attached hydrogens (tertiary/aromatic N) is 1. The highest BCUT2D eigenvalue weighted by atomic mass is 79.9. The van der Waals surface area contributed by atoms with E-state index >= 15 is 0 Å². The highest BCUT2D eigenvalue weighted by Crippen LogP contribution is 2.23. The van der Waals surface area contributed by atoms with Gasteiger partial charge in [0, 0.05) is 35.9 Å². The predicted molar refractivity (Wildman–Crippen MR) is 80.5 cm³/mol. The van der Waals surface area contributed by atoms with Gasteiger partial charge < -0.3 is 10.6 Å². The fraction of sp³-hybridized carbons (Fsp3) is 0.200. The molecular formula is C15H16BrFN2. The molecule has 0 bridgehead atoms. The summed E-state index contributed by atoms with van der Waals surface area (Å²) in [5, 5.41) is 0. The zero-order chi connectivity index (χ0) is 13.8. The van der Waals surface area contributed by atoms with E-state index < -0.39 is 0 Å². The molecule has 0 fully saturated rings. The van der Waals surface area contributed by atoms with Gasteiger partial charge in [-0.3, -0.25) is 0 Å². The van der Waals surface area contributed by atoms with Crippen LogP contribution in [0.1, 0.15) is 11.1 Å². The van der Waals surface area contributed by atoms with Gasteiger partial charge in [-0.05, 0) is 29.8 Å². The van der Waals surface area contributed by atoms with E-state index in [4.69, 9.17) is 5.73 Å². The van der Waals surface area contributed by atoms with Crippen molar-refractivity contribution in [1.82, 2.24) is 0 Å². The molecule has 2 aromatic rings. The Morgan fingerprint density at radius 1 is 1.16 bits per heavy atom. The largest absolute Gasteiger partial charge is 0.370 e. The van der Waals surface area contributed by atoms with Crippen molar-refractivity contribution in [2.75, 3.05) is 11.9 Å². The van der Waals surface area contributed by atoms with Crippen molar-refractivity contribution in [2.24, 2.45) is 5.73 Å². The minimum atomic E-state index is -0.248. The molecule has 0 radical (unpaired) electrons. The number of rotatable bonds is 4. The van der Waals surface area contributed by atoms with Gasteiger partial charge in [-0.15, -0.1) is 0 Å². The Hall–Kier alpha value is -1.39. The molecule has 0 heterocycles. The summed E-state index contributed by atoms with van der Waals surface area (Å²) in [6, 6.07) is 13.1. The Bertz CT molecular complexity index is 555. The molecular weight excluding hydrogens is 307 g/mol. The van der Waals surface area contributed by atoms with Crippen LogP contribution in [0.2, 0.25) is 0 Å². The lowest BCUT2D eigenvalue weighted by atomic mass is 10.1. The van der Waals surface area contributed by atoms with E-state index in [2.05, 4.69) is 15.9 Å². The van der Waals surface area contributed by atoms with Crippen LogP contribution in [-0.4, -0.2) is 7.05 Å². The van der Waals surface area contributed by atoms with Gasteiger partial charge in [-0.25, -0.2) is 4.39 Å². The van der Waals surface area contributed by atoms with Gasteiger partial charge in [-0.1, -0.05) is 34.1 Å². The second-order valence-corrected chi connectivity index (χ2v) is 5.34. The molecule has 2 nitrogen and oxygen atoms in total. The summed E-state index contributed by atoms with van der Waals surface area (Å²) < 4.78 is 14.7. The molecule has 0 aliphatic rings. The van der Waals surface area contributed by atoms with Crippen molar-refractivity contribution in [3.05, 3.63) is 63.9 Å². The third-order valence-electron chi connectivity index (χ3n) is 3.04. The first-order valence-electron chi connectivity index (χ1n) is 6.05. The van der Waals surface area contributed by atoms with Crippen LogP contribution in [0, 0.1) is 5.82 Å². The van der Waals surface area contributed by atoms with Crippen molar-refractivity contribution in [3.63, 3.8) is 0 Å². The summed E-state index contributed by atoms with van der Waals surface area (Å²) in [4.78, 5) is 2.01. The number of benzene rings is 2. The molecule has 0 amide bonds. The lowest BCUT2D eigenvalue weighted by molar-refractivity contribution is 0.609. The summed E-state index contributed by atoms with van der Waals surface area (Å²) in [5.41, 5.74) is 8.19. The first-order chi connectivity index (χ1) is 9.11.